The predicted molar refractivity (Wildman–Crippen MR) is 55.3 cm³/mol. The van der Waals surface area contributed by atoms with Crippen molar-refractivity contribution in [2.45, 2.75) is 12.8 Å². The molecule has 0 bridgehead atoms. The topological polar surface area (TPSA) is 78.5 Å². The lowest BCUT2D eigenvalue weighted by Crippen LogP contribution is -2.55. The highest BCUT2D eigenvalue weighted by Gasteiger charge is 2.31. The van der Waals surface area contributed by atoms with E-state index < -0.39 is 11.8 Å². The first kappa shape index (κ1) is 11.1. The van der Waals surface area contributed by atoms with E-state index >= 15 is 0 Å². The molecule has 2 fully saturated rings. The first-order valence-corrected chi connectivity index (χ1v) is 5.49. The van der Waals surface area contributed by atoms with E-state index in [0.717, 1.165) is 19.4 Å². The summed E-state index contributed by atoms with van der Waals surface area (Å²) in [6, 6.07) is 0. The lowest BCUT2D eigenvalue weighted by molar-refractivity contribution is -0.147. The molecule has 0 aliphatic carbocycles. The van der Waals surface area contributed by atoms with E-state index in [1.165, 1.54) is 4.90 Å². The number of amides is 3. The second-order valence-electron chi connectivity index (χ2n) is 4.21. The summed E-state index contributed by atoms with van der Waals surface area (Å²) in [4.78, 5) is 35.6. The van der Waals surface area contributed by atoms with Crippen molar-refractivity contribution in [2.75, 3.05) is 26.2 Å². The molecule has 0 radical (unpaired) electrons. The maximum atomic E-state index is 12.0. The van der Waals surface area contributed by atoms with Crippen molar-refractivity contribution in [1.82, 2.24) is 15.5 Å². The first-order valence-electron chi connectivity index (χ1n) is 5.49. The summed E-state index contributed by atoms with van der Waals surface area (Å²) in [6.45, 7) is 1.58. The number of carbonyl (C=O) groups is 3. The Labute approximate surface area is 93.4 Å². The van der Waals surface area contributed by atoms with Crippen LogP contribution in [0.3, 0.4) is 0 Å². The molecule has 2 rings (SSSR count). The lowest BCUT2D eigenvalue weighted by Gasteiger charge is -2.31. The largest absolute Gasteiger partial charge is 0.324 e. The number of nitrogens with zero attached hydrogens (tertiary/aromatic N) is 1. The summed E-state index contributed by atoms with van der Waals surface area (Å²) >= 11 is 0. The maximum absolute atomic E-state index is 12.0. The number of piperidine rings is 1. The van der Waals surface area contributed by atoms with Crippen LogP contribution in [0, 0.1) is 5.92 Å². The van der Waals surface area contributed by atoms with Crippen LogP contribution in [0.4, 0.5) is 0 Å². The van der Waals surface area contributed by atoms with Gasteiger partial charge in [-0.1, -0.05) is 0 Å². The van der Waals surface area contributed by atoms with Crippen LogP contribution >= 0.6 is 0 Å². The Balaban J connectivity index is 1.97. The molecule has 1 atom stereocenters. The molecule has 2 N–H and O–H groups in total. The van der Waals surface area contributed by atoms with Crippen molar-refractivity contribution >= 4 is 17.7 Å². The molecule has 0 aromatic carbocycles. The molecule has 0 saturated carbocycles. The van der Waals surface area contributed by atoms with Crippen LogP contribution in [-0.2, 0) is 14.4 Å². The Kier molecular flexibility index (Phi) is 3.19. The molecule has 6 nitrogen and oxygen atoms in total. The molecule has 1 unspecified atom stereocenters. The van der Waals surface area contributed by atoms with Gasteiger partial charge < -0.3 is 10.2 Å². The molecule has 16 heavy (non-hydrogen) atoms. The van der Waals surface area contributed by atoms with Crippen LogP contribution in [0.2, 0.25) is 0 Å². The lowest BCUT2D eigenvalue weighted by atomic mass is 9.98. The second-order valence-corrected chi connectivity index (χ2v) is 4.21. The van der Waals surface area contributed by atoms with Crippen LogP contribution in [-0.4, -0.2) is 48.8 Å². The van der Waals surface area contributed by atoms with E-state index in [1.54, 1.807) is 0 Å². The molecule has 2 aliphatic rings. The van der Waals surface area contributed by atoms with Crippen molar-refractivity contribution in [1.29, 1.82) is 0 Å². The van der Waals surface area contributed by atoms with Gasteiger partial charge in [0.05, 0.1) is 5.92 Å². The van der Waals surface area contributed by atoms with Crippen molar-refractivity contribution in [3.63, 3.8) is 0 Å². The van der Waals surface area contributed by atoms with Gasteiger partial charge in [0.1, 0.15) is 13.1 Å². The number of rotatable bonds is 1. The highest BCUT2D eigenvalue weighted by Crippen LogP contribution is 2.14. The summed E-state index contributed by atoms with van der Waals surface area (Å²) in [5.74, 6) is -0.968. The SMILES string of the molecule is O=C1CN(C(=O)C2CCCNC2)CC(=O)N1. The molecule has 0 aromatic rings. The van der Waals surface area contributed by atoms with E-state index in [-0.39, 0.29) is 24.9 Å². The Morgan fingerprint density at radius 1 is 1.25 bits per heavy atom. The Morgan fingerprint density at radius 3 is 2.50 bits per heavy atom. The fourth-order valence-electron chi connectivity index (χ4n) is 2.11. The van der Waals surface area contributed by atoms with Gasteiger partial charge in [0, 0.05) is 6.54 Å². The van der Waals surface area contributed by atoms with Crippen LogP contribution in [0.15, 0.2) is 0 Å². The van der Waals surface area contributed by atoms with E-state index in [2.05, 4.69) is 10.6 Å². The third-order valence-electron chi connectivity index (χ3n) is 2.91. The molecule has 2 saturated heterocycles. The molecule has 0 aromatic heterocycles. The zero-order valence-corrected chi connectivity index (χ0v) is 8.99. The Bertz CT molecular complexity index is 307. The van der Waals surface area contributed by atoms with E-state index in [0.29, 0.717) is 6.54 Å². The average Bonchev–Trinajstić information content (AvgIpc) is 2.28. The Morgan fingerprint density at radius 2 is 1.94 bits per heavy atom. The van der Waals surface area contributed by atoms with Gasteiger partial charge in [-0.05, 0) is 19.4 Å². The van der Waals surface area contributed by atoms with Crippen LogP contribution in [0.25, 0.3) is 0 Å². The van der Waals surface area contributed by atoms with Gasteiger partial charge in [0.15, 0.2) is 0 Å². The van der Waals surface area contributed by atoms with Crippen molar-refractivity contribution in [3.8, 4) is 0 Å². The first-order chi connectivity index (χ1) is 7.66. The van der Waals surface area contributed by atoms with E-state index in [1.807, 2.05) is 0 Å². The van der Waals surface area contributed by atoms with Crippen LogP contribution in [0.5, 0.6) is 0 Å². The molecule has 2 aliphatic heterocycles. The molecule has 0 spiro atoms. The second kappa shape index (κ2) is 4.61. The van der Waals surface area contributed by atoms with Gasteiger partial charge in [0.2, 0.25) is 17.7 Å². The summed E-state index contributed by atoms with van der Waals surface area (Å²) in [5.41, 5.74) is 0. The number of piperazine rings is 1. The molecule has 2 heterocycles. The van der Waals surface area contributed by atoms with Crippen molar-refractivity contribution in [2.24, 2.45) is 5.92 Å². The summed E-state index contributed by atoms with van der Waals surface area (Å²) < 4.78 is 0. The number of imide groups is 1. The smallest absolute Gasteiger partial charge is 0.246 e. The molecular formula is C10H15N3O3. The average molecular weight is 225 g/mol. The van der Waals surface area contributed by atoms with Crippen molar-refractivity contribution in [3.05, 3.63) is 0 Å². The summed E-state index contributed by atoms with van der Waals surface area (Å²) in [6.07, 6.45) is 1.79. The summed E-state index contributed by atoms with van der Waals surface area (Å²) in [7, 11) is 0. The van der Waals surface area contributed by atoms with E-state index in [4.69, 9.17) is 0 Å². The predicted octanol–water partition coefficient (Wildman–Crippen LogP) is -1.53. The zero-order valence-electron chi connectivity index (χ0n) is 8.99. The quantitative estimate of drug-likeness (QED) is 0.531. The van der Waals surface area contributed by atoms with Crippen molar-refractivity contribution < 1.29 is 14.4 Å². The molecule has 88 valence electrons. The molecule has 6 heteroatoms. The van der Waals surface area contributed by atoms with Gasteiger partial charge >= 0.3 is 0 Å². The van der Waals surface area contributed by atoms with Gasteiger partial charge in [-0.2, -0.15) is 0 Å². The minimum atomic E-state index is -0.395. The third kappa shape index (κ3) is 2.38. The number of carbonyl (C=O) groups excluding carboxylic acids is 3. The monoisotopic (exact) mass is 225 g/mol. The van der Waals surface area contributed by atoms with E-state index in [9.17, 15) is 14.4 Å². The maximum Gasteiger partial charge on any atom is 0.246 e. The standard InChI is InChI=1S/C10H15N3O3/c14-8-5-13(6-9(15)12-8)10(16)7-2-1-3-11-4-7/h7,11H,1-6H2,(H,12,14,15). The fraction of sp³-hybridized carbons (Fsp3) is 0.700. The normalized spacial score (nSPS) is 26.5. The van der Waals surface area contributed by atoms with Gasteiger partial charge in [0.25, 0.3) is 0 Å². The summed E-state index contributed by atoms with van der Waals surface area (Å²) in [5, 5.41) is 5.32. The number of nitrogens with one attached hydrogen (secondary N) is 2. The van der Waals surface area contributed by atoms with Crippen LogP contribution in [0.1, 0.15) is 12.8 Å². The number of hydrogen-bond donors (Lipinski definition) is 2. The fourth-order valence-corrected chi connectivity index (χ4v) is 2.11. The highest BCUT2D eigenvalue weighted by molar-refractivity contribution is 6.02. The van der Waals surface area contributed by atoms with Gasteiger partial charge in [-0.15, -0.1) is 0 Å². The number of hydrogen-bond acceptors (Lipinski definition) is 4. The minimum absolute atomic E-state index is 0.00106. The van der Waals surface area contributed by atoms with Gasteiger partial charge in [-0.3, -0.25) is 19.7 Å². The Hall–Kier alpha value is -1.43. The molecular weight excluding hydrogens is 210 g/mol. The molecule has 3 amide bonds. The zero-order chi connectivity index (χ0) is 11.5. The highest BCUT2D eigenvalue weighted by atomic mass is 16.2. The minimum Gasteiger partial charge on any atom is -0.324 e. The van der Waals surface area contributed by atoms with Gasteiger partial charge in [-0.25, -0.2) is 0 Å². The third-order valence-corrected chi connectivity index (χ3v) is 2.91. The van der Waals surface area contributed by atoms with Crippen LogP contribution < -0.4 is 10.6 Å².